The van der Waals surface area contributed by atoms with E-state index in [9.17, 15) is 0 Å². The van der Waals surface area contributed by atoms with Crippen molar-refractivity contribution in [3.05, 3.63) is 54.6 Å². The lowest BCUT2D eigenvalue weighted by Crippen LogP contribution is -1.73. The monoisotopic (exact) mass is 156 g/mol. The summed E-state index contributed by atoms with van der Waals surface area (Å²) in [5.41, 5.74) is 0.601. The summed E-state index contributed by atoms with van der Waals surface area (Å²) in [5, 5.41) is 1.90. The topological polar surface area (TPSA) is 0 Å². The summed E-state index contributed by atoms with van der Waals surface area (Å²) in [5.74, 6) is 0. The standard InChI is InChI=1S/C12H10/c1-2-10-7-8-11-5-3-4-6-12(11)9-10/h2-9H,1H2/i2D,9D. The quantitative estimate of drug-likeness (QED) is 0.593. The molecule has 0 saturated heterocycles. The van der Waals surface area contributed by atoms with Gasteiger partial charge in [-0.2, -0.15) is 0 Å². The summed E-state index contributed by atoms with van der Waals surface area (Å²) < 4.78 is 15.3. The van der Waals surface area contributed by atoms with Crippen molar-refractivity contribution in [3.63, 3.8) is 0 Å². The Hall–Kier alpha value is -1.56. The van der Waals surface area contributed by atoms with Crippen LogP contribution >= 0.6 is 0 Å². The third-order valence-electron chi connectivity index (χ3n) is 1.85. The van der Waals surface area contributed by atoms with Gasteiger partial charge in [0.15, 0.2) is 0 Å². The van der Waals surface area contributed by atoms with Crippen molar-refractivity contribution in [1.82, 2.24) is 0 Å². The smallest absolute Gasteiger partial charge is 0.0636 e. The lowest BCUT2D eigenvalue weighted by molar-refractivity contribution is 1.71. The molecule has 2 aromatic rings. The predicted molar refractivity (Wildman–Crippen MR) is 54.0 cm³/mol. The van der Waals surface area contributed by atoms with E-state index in [1.54, 1.807) is 6.07 Å². The molecule has 0 radical (unpaired) electrons. The van der Waals surface area contributed by atoms with Crippen molar-refractivity contribution < 1.29 is 2.74 Å². The lowest BCUT2D eigenvalue weighted by Gasteiger charge is -1.97. The largest absolute Gasteiger partial charge is 0.0985 e. The molecule has 0 fully saturated rings. The highest BCUT2D eigenvalue weighted by Crippen LogP contribution is 2.15. The minimum absolute atomic E-state index is 0.195. The van der Waals surface area contributed by atoms with Crippen LogP contribution in [0.2, 0.25) is 0 Å². The number of fused-ring (bicyclic) bond motifs is 1. The van der Waals surface area contributed by atoms with Gasteiger partial charge in [0.05, 0.1) is 2.74 Å². The van der Waals surface area contributed by atoms with Gasteiger partial charge in [0, 0.05) is 0 Å². The molecule has 0 bridgehead atoms. The van der Waals surface area contributed by atoms with E-state index in [1.165, 1.54) is 0 Å². The van der Waals surface area contributed by atoms with Crippen LogP contribution in [0.4, 0.5) is 0 Å². The molecule has 58 valence electrons. The molecule has 0 nitrogen and oxygen atoms in total. The molecule has 0 spiro atoms. The number of hydrogen-bond donors (Lipinski definition) is 0. The number of rotatable bonds is 1. The highest BCUT2D eigenvalue weighted by molar-refractivity contribution is 5.84. The van der Waals surface area contributed by atoms with Gasteiger partial charge in [-0.05, 0) is 22.4 Å². The number of hydrogen-bond acceptors (Lipinski definition) is 0. The first kappa shape index (κ1) is 5.15. The van der Waals surface area contributed by atoms with Crippen molar-refractivity contribution >= 4 is 16.8 Å². The third-order valence-corrected chi connectivity index (χ3v) is 1.85. The Kier molecular flexibility index (Phi) is 1.21. The van der Waals surface area contributed by atoms with Crippen LogP contribution in [0.3, 0.4) is 0 Å². The van der Waals surface area contributed by atoms with E-state index >= 15 is 0 Å². The summed E-state index contributed by atoms with van der Waals surface area (Å²) >= 11 is 0. The summed E-state index contributed by atoms with van der Waals surface area (Å²) in [6.45, 7) is 3.54. The van der Waals surface area contributed by atoms with Gasteiger partial charge >= 0.3 is 0 Å². The van der Waals surface area contributed by atoms with Crippen molar-refractivity contribution in [2.75, 3.05) is 0 Å². The lowest BCUT2D eigenvalue weighted by atomic mass is 10.1. The SMILES string of the molecule is [2H]C(=C)c1ccc2ccccc2c1[2H]. The molecule has 0 amide bonds. The van der Waals surface area contributed by atoms with E-state index in [1.807, 2.05) is 30.3 Å². The van der Waals surface area contributed by atoms with Crippen LogP contribution in [0.25, 0.3) is 16.8 Å². The second-order valence-corrected chi connectivity index (χ2v) is 2.64. The molecule has 0 N–H and O–H groups in total. The van der Waals surface area contributed by atoms with Crippen LogP contribution < -0.4 is 0 Å². The molecule has 0 heterocycles. The van der Waals surface area contributed by atoms with Gasteiger partial charge in [-0.1, -0.05) is 49.0 Å². The Balaban J connectivity index is 2.81. The Morgan fingerprint density at radius 1 is 1.17 bits per heavy atom. The second kappa shape index (κ2) is 2.82. The highest BCUT2D eigenvalue weighted by Gasteiger charge is 1.90. The molecule has 0 aromatic heterocycles. The van der Waals surface area contributed by atoms with Gasteiger partial charge in [0.2, 0.25) is 0 Å². The van der Waals surface area contributed by atoms with Crippen LogP contribution in [0, 0.1) is 0 Å². The fourth-order valence-electron chi connectivity index (χ4n) is 1.22. The molecule has 2 rings (SSSR count). The van der Waals surface area contributed by atoms with E-state index in [0.717, 1.165) is 10.8 Å². The van der Waals surface area contributed by atoms with Gasteiger partial charge in [-0.15, -0.1) is 0 Å². The summed E-state index contributed by atoms with van der Waals surface area (Å²) in [6.07, 6.45) is 0. The zero-order valence-corrected chi connectivity index (χ0v) is 6.67. The van der Waals surface area contributed by atoms with Gasteiger partial charge in [0.25, 0.3) is 0 Å². The van der Waals surface area contributed by atoms with Crippen molar-refractivity contribution in [2.24, 2.45) is 0 Å². The zero-order chi connectivity index (χ0) is 10.1. The van der Waals surface area contributed by atoms with Crippen LogP contribution in [-0.2, 0) is 0 Å². The molecule has 0 atom stereocenters. The molecule has 0 aliphatic carbocycles. The van der Waals surface area contributed by atoms with Crippen molar-refractivity contribution in [1.29, 1.82) is 0 Å². The van der Waals surface area contributed by atoms with Gasteiger partial charge in [-0.25, -0.2) is 0 Å². The van der Waals surface area contributed by atoms with Gasteiger partial charge < -0.3 is 0 Å². The third kappa shape index (κ3) is 1.12. The van der Waals surface area contributed by atoms with Crippen LogP contribution in [-0.4, -0.2) is 0 Å². The Labute approximate surface area is 75.0 Å². The molecular weight excluding hydrogens is 144 g/mol. The van der Waals surface area contributed by atoms with E-state index < -0.39 is 0 Å². The minimum atomic E-state index is 0.195. The first-order chi connectivity index (χ1) is 6.70. The Bertz CT molecular complexity index is 501. The van der Waals surface area contributed by atoms with E-state index in [4.69, 9.17) is 2.74 Å². The highest BCUT2D eigenvalue weighted by atomic mass is 14.0. The maximum atomic E-state index is 7.89. The summed E-state index contributed by atoms with van der Waals surface area (Å²) in [6, 6.07) is 12.0. The first-order valence-corrected chi connectivity index (χ1v) is 3.84. The molecule has 0 saturated carbocycles. The Morgan fingerprint density at radius 3 is 2.67 bits per heavy atom. The predicted octanol–water partition coefficient (Wildman–Crippen LogP) is 3.48. The molecular formula is C12H10. The normalized spacial score (nSPS) is 12.3. The zero-order valence-electron chi connectivity index (χ0n) is 8.67. The van der Waals surface area contributed by atoms with Crippen LogP contribution in [0.1, 0.15) is 8.30 Å². The Morgan fingerprint density at radius 2 is 1.92 bits per heavy atom. The van der Waals surface area contributed by atoms with E-state index in [-0.39, 0.29) is 6.05 Å². The fourth-order valence-corrected chi connectivity index (χ4v) is 1.22. The maximum Gasteiger partial charge on any atom is 0.0636 e. The second-order valence-electron chi connectivity index (χ2n) is 2.64. The fraction of sp³-hybridized carbons (Fsp3) is 0. The molecule has 12 heavy (non-hydrogen) atoms. The molecule has 0 aliphatic rings. The van der Waals surface area contributed by atoms with Crippen LogP contribution in [0.5, 0.6) is 0 Å². The maximum absolute atomic E-state index is 7.89. The number of benzene rings is 2. The molecule has 0 aliphatic heterocycles. The summed E-state index contributed by atoms with van der Waals surface area (Å²) in [4.78, 5) is 0. The average Bonchev–Trinajstić information content (AvgIpc) is 2.18. The van der Waals surface area contributed by atoms with Gasteiger partial charge in [-0.3, -0.25) is 0 Å². The first-order valence-electron chi connectivity index (χ1n) is 4.84. The van der Waals surface area contributed by atoms with E-state index in [2.05, 4.69) is 6.58 Å². The van der Waals surface area contributed by atoms with Crippen molar-refractivity contribution in [3.8, 4) is 0 Å². The summed E-state index contributed by atoms with van der Waals surface area (Å²) in [7, 11) is 0. The molecule has 2 aromatic carbocycles. The van der Waals surface area contributed by atoms with E-state index in [0.29, 0.717) is 11.6 Å². The average molecular weight is 156 g/mol. The minimum Gasteiger partial charge on any atom is -0.0985 e. The molecule has 0 heteroatoms. The van der Waals surface area contributed by atoms with Crippen LogP contribution in [0.15, 0.2) is 49.0 Å². The van der Waals surface area contributed by atoms with Gasteiger partial charge in [0.1, 0.15) is 0 Å². The van der Waals surface area contributed by atoms with Crippen molar-refractivity contribution in [2.45, 2.75) is 0 Å². The molecule has 0 unspecified atom stereocenters.